The lowest BCUT2D eigenvalue weighted by Gasteiger charge is -2.17. The van der Waals surface area contributed by atoms with E-state index in [1.165, 1.54) is 12.1 Å². The van der Waals surface area contributed by atoms with E-state index in [0.717, 1.165) is 5.56 Å². The Bertz CT molecular complexity index is 337. The monoisotopic (exact) mass is 194 g/mol. The Morgan fingerprint density at radius 3 is 2.57 bits per heavy atom. The van der Waals surface area contributed by atoms with Gasteiger partial charge in [0.2, 0.25) is 0 Å². The highest BCUT2D eigenvalue weighted by Gasteiger charge is 2.14. The van der Waals surface area contributed by atoms with Gasteiger partial charge in [-0.1, -0.05) is 24.8 Å². The summed E-state index contributed by atoms with van der Waals surface area (Å²) in [5, 5.41) is 9.55. The molecule has 1 N–H and O–H groups in total. The molecular formula is C12H15FO. The second-order valence-corrected chi connectivity index (χ2v) is 4.05. The maximum absolute atomic E-state index is 13.3. The molecule has 1 aromatic carbocycles. The predicted molar refractivity (Wildman–Crippen MR) is 56.5 cm³/mol. The van der Waals surface area contributed by atoms with Crippen LogP contribution in [0.1, 0.15) is 25.0 Å². The van der Waals surface area contributed by atoms with Gasteiger partial charge in [-0.05, 0) is 25.5 Å². The maximum atomic E-state index is 13.3. The average Bonchev–Trinajstić information content (AvgIpc) is 2.01. The van der Waals surface area contributed by atoms with Gasteiger partial charge in [0.15, 0.2) is 0 Å². The molecule has 0 bridgehead atoms. The molecule has 0 aliphatic rings. The molecule has 0 radical (unpaired) electrons. The lowest BCUT2D eigenvalue weighted by Crippen LogP contribution is -2.21. The van der Waals surface area contributed by atoms with Crippen molar-refractivity contribution in [2.75, 3.05) is 0 Å². The van der Waals surface area contributed by atoms with Crippen LogP contribution in [0.3, 0.4) is 0 Å². The number of rotatable bonds is 3. The third kappa shape index (κ3) is 2.96. The summed E-state index contributed by atoms with van der Waals surface area (Å²) in [5.74, 6) is -0.290. The predicted octanol–water partition coefficient (Wildman–Crippen LogP) is 2.78. The summed E-state index contributed by atoms with van der Waals surface area (Å²) in [7, 11) is 0. The first-order valence-electron chi connectivity index (χ1n) is 4.55. The lowest BCUT2D eigenvalue weighted by molar-refractivity contribution is 0.0809. The standard InChI is InChI=1S/C12H15FO/c1-4-10-6-5-9(7-11(10)13)8-12(2,3)14/h4-7,14H,1,8H2,2-3H3. The van der Waals surface area contributed by atoms with Gasteiger partial charge in [0.25, 0.3) is 0 Å². The van der Waals surface area contributed by atoms with Crippen molar-refractivity contribution in [3.63, 3.8) is 0 Å². The summed E-state index contributed by atoms with van der Waals surface area (Å²) in [6.45, 7) is 6.91. The van der Waals surface area contributed by atoms with Gasteiger partial charge < -0.3 is 5.11 Å². The first-order valence-corrected chi connectivity index (χ1v) is 4.55. The fourth-order valence-electron chi connectivity index (χ4n) is 1.35. The molecule has 1 rings (SSSR count). The summed E-state index contributed by atoms with van der Waals surface area (Å²) in [5.41, 5.74) is 0.479. The Labute approximate surface area is 83.9 Å². The van der Waals surface area contributed by atoms with Crippen molar-refractivity contribution in [2.24, 2.45) is 0 Å². The van der Waals surface area contributed by atoms with E-state index in [2.05, 4.69) is 6.58 Å². The second kappa shape index (κ2) is 3.93. The fourth-order valence-corrected chi connectivity index (χ4v) is 1.35. The summed E-state index contributed by atoms with van der Waals surface area (Å²) in [6, 6.07) is 4.91. The van der Waals surface area contributed by atoms with Crippen LogP contribution in [0, 0.1) is 5.82 Å². The highest BCUT2D eigenvalue weighted by Crippen LogP contribution is 2.16. The molecule has 14 heavy (non-hydrogen) atoms. The van der Waals surface area contributed by atoms with Crippen LogP contribution in [-0.2, 0) is 6.42 Å². The summed E-state index contributed by atoms with van der Waals surface area (Å²) in [6.07, 6.45) is 1.92. The van der Waals surface area contributed by atoms with Gasteiger partial charge in [-0.25, -0.2) is 4.39 Å². The average molecular weight is 194 g/mol. The molecule has 0 saturated heterocycles. The maximum Gasteiger partial charge on any atom is 0.130 e. The van der Waals surface area contributed by atoms with Crippen LogP contribution in [0.2, 0.25) is 0 Å². The van der Waals surface area contributed by atoms with Crippen molar-refractivity contribution in [3.8, 4) is 0 Å². The Balaban J connectivity index is 2.92. The van der Waals surface area contributed by atoms with Crippen LogP contribution in [0.25, 0.3) is 6.08 Å². The van der Waals surface area contributed by atoms with Gasteiger partial charge in [-0.2, -0.15) is 0 Å². The molecule has 0 unspecified atom stereocenters. The van der Waals surface area contributed by atoms with E-state index in [-0.39, 0.29) is 5.82 Å². The van der Waals surface area contributed by atoms with Crippen molar-refractivity contribution in [1.29, 1.82) is 0 Å². The normalized spacial score (nSPS) is 11.4. The minimum atomic E-state index is -0.803. The SMILES string of the molecule is C=Cc1ccc(CC(C)(C)O)cc1F. The van der Waals surface area contributed by atoms with Crippen LogP contribution in [0.4, 0.5) is 4.39 Å². The van der Waals surface area contributed by atoms with E-state index < -0.39 is 5.60 Å². The van der Waals surface area contributed by atoms with Gasteiger partial charge in [-0.3, -0.25) is 0 Å². The molecule has 0 heterocycles. The third-order valence-corrected chi connectivity index (χ3v) is 1.92. The summed E-state index contributed by atoms with van der Waals surface area (Å²) < 4.78 is 13.3. The molecule has 1 aromatic rings. The van der Waals surface area contributed by atoms with Crippen molar-refractivity contribution >= 4 is 6.08 Å². The quantitative estimate of drug-likeness (QED) is 0.784. The van der Waals surface area contributed by atoms with Gasteiger partial charge in [0.1, 0.15) is 5.82 Å². The largest absolute Gasteiger partial charge is 0.390 e. The third-order valence-electron chi connectivity index (χ3n) is 1.92. The molecule has 76 valence electrons. The number of aliphatic hydroxyl groups is 1. The van der Waals surface area contributed by atoms with Crippen LogP contribution in [-0.4, -0.2) is 10.7 Å². The Kier molecular flexibility index (Phi) is 3.06. The van der Waals surface area contributed by atoms with Gasteiger partial charge in [-0.15, -0.1) is 0 Å². The van der Waals surface area contributed by atoms with Crippen LogP contribution in [0.5, 0.6) is 0 Å². The zero-order valence-electron chi connectivity index (χ0n) is 8.55. The topological polar surface area (TPSA) is 20.2 Å². The van der Waals surface area contributed by atoms with Crippen LogP contribution in [0.15, 0.2) is 24.8 Å². The summed E-state index contributed by atoms with van der Waals surface area (Å²) >= 11 is 0. The zero-order valence-corrected chi connectivity index (χ0v) is 8.55. The minimum absolute atomic E-state index is 0.290. The van der Waals surface area contributed by atoms with E-state index in [1.807, 2.05) is 0 Å². The molecule has 1 nitrogen and oxygen atoms in total. The molecular weight excluding hydrogens is 179 g/mol. The second-order valence-electron chi connectivity index (χ2n) is 4.05. The zero-order chi connectivity index (χ0) is 10.8. The Morgan fingerprint density at radius 2 is 2.14 bits per heavy atom. The van der Waals surface area contributed by atoms with Crippen molar-refractivity contribution in [3.05, 3.63) is 41.7 Å². The Morgan fingerprint density at radius 1 is 1.50 bits per heavy atom. The van der Waals surface area contributed by atoms with E-state index in [1.54, 1.807) is 26.0 Å². The van der Waals surface area contributed by atoms with Crippen LogP contribution < -0.4 is 0 Å². The highest BCUT2D eigenvalue weighted by atomic mass is 19.1. The first-order chi connectivity index (χ1) is 6.42. The number of halogens is 1. The number of benzene rings is 1. The van der Waals surface area contributed by atoms with Crippen molar-refractivity contribution in [1.82, 2.24) is 0 Å². The summed E-state index contributed by atoms with van der Waals surface area (Å²) in [4.78, 5) is 0. The smallest absolute Gasteiger partial charge is 0.130 e. The first kappa shape index (κ1) is 10.9. The highest BCUT2D eigenvalue weighted by molar-refractivity contribution is 5.48. The van der Waals surface area contributed by atoms with Gasteiger partial charge in [0.05, 0.1) is 5.60 Å². The molecule has 0 aliphatic heterocycles. The van der Waals surface area contributed by atoms with E-state index in [4.69, 9.17) is 0 Å². The molecule has 0 aromatic heterocycles. The molecule has 2 heteroatoms. The fraction of sp³-hybridized carbons (Fsp3) is 0.333. The van der Waals surface area contributed by atoms with E-state index in [0.29, 0.717) is 12.0 Å². The molecule has 0 atom stereocenters. The minimum Gasteiger partial charge on any atom is -0.390 e. The molecule has 0 aliphatic carbocycles. The van der Waals surface area contributed by atoms with Crippen LogP contribution >= 0.6 is 0 Å². The number of hydrogen-bond donors (Lipinski definition) is 1. The lowest BCUT2D eigenvalue weighted by atomic mass is 9.98. The number of hydrogen-bond acceptors (Lipinski definition) is 1. The molecule has 0 fully saturated rings. The van der Waals surface area contributed by atoms with E-state index >= 15 is 0 Å². The van der Waals surface area contributed by atoms with Crippen molar-refractivity contribution in [2.45, 2.75) is 25.9 Å². The van der Waals surface area contributed by atoms with E-state index in [9.17, 15) is 9.50 Å². The van der Waals surface area contributed by atoms with Crippen molar-refractivity contribution < 1.29 is 9.50 Å². The van der Waals surface area contributed by atoms with Gasteiger partial charge in [0, 0.05) is 12.0 Å². The molecule has 0 saturated carbocycles. The molecule has 0 amide bonds. The molecule has 0 spiro atoms. The van der Waals surface area contributed by atoms with Gasteiger partial charge >= 0.3 is 0 Å². The Hall–Kier alpha value is -1.15.